The molecule has 3 aromatic rings. The van der Waals surface area contributed by atoms with Crippen LogP contribution in [0.4, 0.5) is 0 Å². The van der Waals surface area contributed by atoms with Gasteiger partial charge in [-0.3, -0.25) is 19.0 Å². The van der Waals surface area contributed by atoms with Gasteiger partial charge in [0.1, 0.15) is 11.2 Å². The van der Waals surface area contributed by atoms with Crippen molar-refractivity contribution in [2.45, 2.75) is 19.9 Å². The predicted octanol–water partition coefficient (Wildman–Crippen LogP) is 1.89. The highest BCUT2D eigenvalue weighted by Crippen LogP contribution is 2.11. The highest BCUT2D eigenvalue weighted by molar-refractivity contribution is 5.94. The summed E-state index contributed by atoms with van der Waals surface area (Å²) in [6.07, 6.45) is 6.27. The van der Waals surface area contributed by atoms with Crippen molar-refractivity contribution in [1.29, 1.82) is 0 Å². The van der Waals surface area contributed by atoms with Crippen LogP contribution in [0, 0.1) is 6.92 Å². The maximum Gasteiger partial charge on any atom is 0.270 e. The van der Waals surface area contributed by atoms with Crippen LogP contribution in [0.15, 0.2) is 53.8 Å². The molecule has 1 atom stereocenters. The number of hydrogen-bond donors (Lipinski definition) is 1. The molecule has 0 saturated carbocycles. The van der Waals surface area contributed by atoms with Crippen LogP contribution in [0.3, 0.4) is 0 Å². The third-order valence-corrected chi connectivity index (χ3v) is 3.66. The maximum atomic E-state index is 12.5. The molecule has 116 valence electrons. The predicted molar refractivity (Wildman–Crippen MR) is 86.3 cm³/mol. The van der Waals surface area contributed by atoms with Crippen molar-refractivity contribution < 1.29 is 4.79 Å². The van der Waals surface area contributed by atoms with Crippen LogP contribution in [-0.2, 0) is 0 Å². The molecule has 0 aromatic carbocycles. The zero-order valence-corrected chi connectivity index (χ0v) is 12.9. The normalized spacial score (nSPS) is 12.1. The highest BCUT2D eigenvalue weighted by Gasteiger charge is 2.16. The summed E-state index contributed by atoms with van der Waals surface area (Å²) in [5, 5.41) is 2.81. The Morgan fingerprint density at radius 2 is 2.00 bits per heavy atom. The standard InChI is InChI=1S/C17H16N4O2/c1-11-5-8-21-15(9-11)19-10-14(17(21)23)16(22)20-12(2)13-3-6-18-7-4-13/h3-10,12H,1-2H3,(H,20,22). The molecule has 0 saturated heterocycles. The summed E-state index contributed by atoms with van der Waals surface area (Å²) in [5.41, 5.74) is 2.08. The van der Waals surface area contributed by atoms with Gasteiger partial charge in [-0.25, -0.2) is 4.98 Å². The minimum atomic E-state index is -0.443. The lowest BCUT2D eigenvalue weighted by atomic mass is 10.1. The highest BCUT2D eigenvalue weighted by atomic mass is 16.2. The van der Waals surface area contributed by atoms with Gasteiger partial charge in [-0.1, -0.05) is 0 Å². The number of nitrogens with zero attached hydrogens (tertiary/aromatic N) is 3. The van der Waals surface area contributed by atoms with E-state index in [0.29, 0.717) is 5.65 Å². The van der Waals surface area contributed by atoms with Gasteiger partial charge in [0.05, 0.1) is 6.04 Å². The lowest BCUT2D eigenvalue weighted by Gasteiger charge is -2.14. The summed E-state index contributed by atoms with van der Waals surface area (Å²) < 4.78 is 1.37. The van der Waals surface area contributed by atoms with Gasteiger partial charge in [0.15, 0.2) is 0 Å². The second-order valence-electron chi connectivity index (χ2n) is 5.39. The van der Waals surface area contributed by atoms with Crippen molar-refractivity contribution in [3.63, 3.8) is 0 Å². The third kappa shape index (κ3) is 2.96. The van der Waals surface area contributed by atoms with Crippen molar-refractivity contribution >= 4 is 11.6 Å². The van der Waals surface area contributed by atoms with Crippen molar-refractivity contribution in [3.8, 4) is 0 Å². The number of carbonyl (C=O) groups is 1. The summed E-state index contributed by atoms with van der Waals surface area (Å²) in [6, 6.07) is 7.00. The van der Waals surface area contributed by atoms with Crippen molar-refractivity contribution in [1.82, 2.24) is 19.7 Å². The van der Waals surface area contributed by atoms with E-state index >= 15 is 0 Å². The first kappa shape index (κ1) is 14.9. The summed E-state index contributed by atoms with van der Waals surface area (Å²) >= 11 is 0. The number of aryl methyl sites for hydroxylation is 1. The average Bonchev–Trinajstić information content (AvgIpc) is 2.55. The van der Waals surface area contributed by atoms with Crippen molar-refractivity contribution in [2.75, 3.05) is 0 Å². The Morgan fingerprint density at radius 1 is 1.26 bits per heavy atom. The van der Waals surface area contributed by atoms with Crippen LogP contribution in [0.5, 0.6) is 0 Å². The number of amides is 1. The topological polar surface area (TPSA) is 76.4 Å². The van der Waals surface area contributed by atoms with Crippen LogP contribution in [0.2, 0.25) is 0 Å². The Labute approximate surface area is 132 Å². The molecule has 0 aliphatic rings. The smallest absolute Gasteiger partial charge is 0.270 e. The fourth-order valence-electron chi connectivity index (χ4n) is 2.34. The lowest BCUT2D eigenvalue weighted by Crippen LogP contribution is -2.33. The van der Waals surface area contributed by atoms with Crippen LogP contribution in [-0.4, -0.2) is 20.3 Å². The van der Waals surface area contributed by atoms with E-state index in [-0.39, 0.29) is 17.2 Å². The van der Waals surface area contributed by atoms with Crippen molar-refractivity contribution in [3.05, 3.63) is 76.1 Å². The van der Waals surface area contributed by atoms with E-state index in [0.717, 1.165) is 11.1 Å². The van der Waals surface area contributed by atoms with E-state index in [4.69, 9.17) is 0 Å². The fourth-order valence-corrected chi connectivity index (χ4v) is 2.34. The van der Waals surface area contributed by atoms with E-state index in [1.807, 2.05) is 26.0 Å². The average molecular weight is 308 g/mol. The Balaban J connectivity index is 1.91. The molecule has 0 spiro atoms. The van der Waals surface area contributed by atoms with E-state index in [9.17, 15) is 9.59 Å². The number of nitrogens with one attached hydrogen (secondary N) is 1. The quantitative estimate of drug-likeness (QED) is 0.801. The van der Waals surface area contributed by atoms with E-state index in [1.54, 1.807) is 30.7 Å². The lowest BCUT2D eigenvalue weighted by molar-refractivity contribution is 0.0938. The number of pyridine rings is 2. The first-order chi connectivity index (χ1) is 11.1. The molecule has 3 heterocycles. The van der Waals surface area contributed by atoms with E-state index < -0.39 is 5.91 Å². The Morgan fingerprint density at radius 3 is 2.74 bits per heavy atom. The van der Waals surface area contributed by atoms with E-state index in [2.05, 4.69) is 15.3 Å². The first-order valence-electron chi connectivity index (χ1n) is 7.25. The number of rotatable bonds is 3. The van der Waals surface area contributed by atoms with Gasteiger partial charge in [0.2, 0.25) is 0 Å². The van der Waals surface area contributed by atoms with Gasteiger partial charge in [-0.15, -0.1) is 0 Å². The Bertz CT molecular complexity index is 919. The van der Waals surface area contributed by atoms with E-state index in [1.165, 1.54) is 10.6 Å². The first-order valence-corrected chi connectivity index (χ1v) is 7.25. The van der Waals surface area contributed by atoms with Crippen LogP contribution in [0.1, 0.15) is 34.5 Å². The van der Waals surface area contributed by atoms with Gasteiger partial charge in [0.25, 0.3) is 11.5 Å². The number of aromatic nitrogens is 3. The zero-order chi connectivity index (χ0) is 16.4. The Hall–Kier alpha value is -3.02. The molecular weight excluding hydrogens is 292 g/mol. The summed E-state index contributed by atoms with van der Waals surface area (Å²) in [6.45, 7) is 3.77. The van der Waals surface area contributed by atoms with Crippen LogP contribution < -0.4 is 10.9 Å². The maximum absolute atomic E-state index is 12.5. The minimum absolute atomic E-state index is 0.0206. The SMILES string of the molecule is Cc1ccn2c(=O)c(C(=O)NC(C)c3ccncc3)cnc2c1. The number of carbonyl (C=O) groups excluding carboxylic acids is 1. The zero-order valence-electron chi connectivity index (χ0n) is 12.9. The molecule has 3 rings (SSSR count). The second-order valence-corrected chi connectivity index (χ2v) is 5.39. The summed E-state index contributed by atoms with van der Waals surface area (Å²) in [4.78, 5) is 33.0. The summed E-state index contributed by atoms with van der Waals surface area (Å²) in [5.74, 6) is -0.443. The molecule has 0 aliphatic carbocycles. The van der Waals surface area contributed by atoms with Gasteiger partial charge in [-0.2, -0.15) is 0 Å². The Kier molecular flexibility index (Phi) is 3.89. The molecule has 6 heteroatoms. The molecule has 3 aromatic heterocycles. The number of fused-ring (bicyclic) bond motifs is 1. The molecule has 6 nitrogen and oxygen atoms in total. The second kappa shape index (κ2) is 6.00. The largest absolute Gasteiger partial charge is 0.345 e. The van der Waals surface area contributed by atoms with Gasteiger partial charge >= 0.3 is 0 Å². The van der Waals surface area contributed by atoms with Crippen LogP contribution in [0.25, 0.3) is 5.65 Å². The molecule has 0 aliphatic heterocycles. The monoisotopic (exact) mass is 308 g/mol. The molecule has 0 fully saturated rings. The van der Waals surface area contributed by atoms with Crippen molar-refractivity contribution in [2.24, 2.45) is 0 Å². The molecule has 23 heavy (non-hydrogen) atoms. The minimum Gasteiger partial charge on any atom is -0.345 e. The molecule has 0 radical (unpaired) electrons. The fraction of sp³-hybridized carbons (Fsp3) is 0.176. The van der Waals surface area contributed by atoms with Gasteiger partial charge in [-0.05, 0) is 49.2 Å². The third-order valence-electron chi connectivity index (χ3n) is 3.66. The molecular formula is C17H16N4O2. The van der Waals surface area contributed by atoms with Gasteiger partial charge < -0.3 is 5.32 Å². The molecule has 1 N–H and O–H groups in total. The molecule has 1 amide bonds. The molecule has 0 bridgehead atoms. The number of hydrogen-bond acceptors (Lipinski definition) is 4. The van der Waals surface area contributed by atoms with Crippen LogP contribution >= 0.6 is 0 Å². The molecule has 1 unspecified atom stereocenters. The van der Waals surface area contributed by atoms with Gasteiger partial charge in [0, 0.05) is 24.8 Å². The summed E-state index contributed by atoms with van der Waals surface area (Å²) in [7, 11) is 0.